The summed E-state index contributed by atoms with van der Waals surface area (Å²) in [6.45, 7) is 2.05. The van der Waals surface area contributed by atoms with E-state index in [0.29, 0.717) is 23.8 Å². The second-order valence-electron chi connectivity index (χ2n) is 6.55. The molecule has 1 aliphatic rings. The minimum absolute atomic E-state index is 0.164. The van der Waals surface area contributed by atoms with Crippen LogP contribution in [-0.2, 0) is 20.4 Å². The molecule has 1 aromatic rings. The van der Waals surface area contributed by atoms with Gasteiger partial charge in [-0.1, -0.05) is 31.4 Å². The highest BCUT2D eigenvalue weighted by Gasteiger charge is 2.28. The molecule has 1 N–H and O–H groups in total. The van der Waals surface area contributed by atoms with Crippen LogP contribution in [0.4, 0.5) is 0 Å². The van der Waals surface area contributed by atoms with E-state index in [1.165, 1.54) is 33.3 Å². The number of ether oxygens (including phenoxy) is 1. The van der Waals surface area contributed by atoms with Gasteiger partial charge in [0.1, 0.15) is 11.0 Å². The van der Waals surface area contributed by atoms with E-state index in [4.69, 9.17) is 4.74 Å². The standard InChI is InChI=1S/C18H27NO4S/c1-14(18(20)19-12-15-7-4-3-5-8-15)24(21,22)13-16-9-6-10-17(11-16)23-2/h6,9-11,14-15H,3-5,7-8,12-13H2,1-2H3,(H,19,20). The van der Waals surface area contributed by atoms with Gasteiger partial charge in [-0.05, 0) is 43.4 Å². The second kappa shape index (κ2) is 8.51. The first-order valence-electron chi connectivity index (χ1n) is 8.54. The van der Waals surface area contributed by atoms with Crippen LogP contribution in [0.25, 0.3) is 0 Å². The Morgan fingerprint density at radius 1 is 1.29 bits per heavy atom. The summed E-state index contributed by atoms with van der Waals surface area (Å²) < 4.78 is 30.1. The van der Waals surface area contributed by atoms with Crippen molar-refractivity contribution in [2.24, 2.45) is 5.92 Å². The molecule has 1 unspecified atom stereocenters. The normalized spacial score (nSPS) is 17.2. The lowest BCUT2D eigenvalue weighted by atomic mass is 9.89. The summed E-state index contributed by atoms with van der Waals surface area (Å²) in [4.78, 5) is 12.2. The third-order valence-corrected chi connectivity index (χ3v) is 6.73. The molecule has 0 spiro atoms. The number of amides is 1. The van der Waals surface area contributed by atoms with Crippen molar-refractivity contribution in [3.63, 3.8) is 0 Å². The molecule has 1 amide bonds. The molecule has 0 aromatic heterocycles. The summed E-state index contributed by atoms with van der Waals surface area (Å²) in [5.74, 6) is 0.527. The highest BCUT2D eigenvalue weighted by molar-refractivity contribution is 7.92. The number of nitrogens with one attached hydrogen (secondary N) is 1. The number of methoxy groups -OCH3 is 1. The van der Waals surface area contributed by atoms with Crippen molar-refractivity contribution < 1.29 is 17.9 Å². The number of rotatable bonds is 7. The quantitative estimate of drug-likeness (QED) is 0.818. The van der Waals surface area contributed by atoms with Crippen LogP contribution in [0.15, 0.2) is 24.3 Å². The monoisotopic (exact) mass is 353 g/mol. The molecule has 1 aromatic carbocycles. The zero-order valence-corrected chi connectivity index (χ0v) is 15.3. The zero-order chi connectivity index (χ0) is 17.6. The summed E-state index contributed by atoms with van der Waals surface area (Å²) >= 11 is 0. The molecule has 1 atom stereocenters. The number of hydrogen-bond donors (Lipinski definition) is 1. The molecular weight excluding hydrogens is 326 g/mol. The third-order valence-electron chi connectivity index (χ3n) is 4.70. The van der Waals surface area contributed by atoms with E-state index in [0.717, 1.165) is 12.8 Å². The number of sulfone groups is 1. The fourth-order valence-corrected chi connectivity index (χ4v) is 4.37. The summed E-state index contributed by atoms with van der Waals surface area (Å²) in [6, 6.07) is 6.92. The van der Waals surface area contributed by atoms with E-state index in [-0.39, 0.29) is 5.75 Å². The van der Waals surface area contributed by atoms with Crippen molar-refractivity contribution in [1.29, 1.82) is 0 Å². The van der Waals surface area contributed by atoms with Gasteiger partial charge >= 0.3 is 0 Å². The van der Waals surface area contributed by atoms with Crippen molar-refractivity contribution in [2.45, 2.75) is 50.0 Å². The summed E-state index contributed by atoms with van der Waals surface area (Å²) in [7, 11) is -2.02. The zero-order valence-electron chi connectivity index (χ0n) is 14.5. The fraction of sp³-hybridized carbons (Fsp3) is 0.611. The molecule has 1 fully saturated rings. The lowest BCUT2D eigenvalue weighted by Gasteiger charge is -2.22. The Morgan fingerprint density at radius 2 is 2.00 bits per heavy atom. The summed E-state index contributed by atoms with van der Waals surface area (Å²) in [5, 5.41) is 1.77. The molecule has 1 aliphatic carbocycles. The molecule has 24 heavy (non-hydrogen) atoms. The summed E-state index contributed by atoms with van der Waals surface area (Å²) in [5.41, 5.74) is 0.626. The minimum Gasteiger partial charge on any atom is -0.497 e. The van der Waals surface area contributed by atoms with E-state index in [9.17, 15) is 13.2 Å². The van der Waals surface area contributed by atoms with Crippen molar-refractivity contribution in [1.82, 2.24) is 5.32 Å². The van der Waals surface area contributed by atoms with Gasteiger partial charge in [0.05, 0.1) is 12.9 Å². The van der Waals surface area contributed by atoms with Crippen molar-refractivity contribution >= 4 is 15.7 Å². The molecule has 0 radical (unpaired) electrons. The van der Waals surface area contributed by atoms with Gasteiger partial charge in [0.15, 0.2) is 9.84 Å². The number of hydrogen-bond acceptors (Lipinski definition) is 4. The molecule has 1 saturated carbocycles. The SMILES string of the molecule is COc1cccc(CS(=O)(=O)C(C)C(=O)NCC2CCCCC2)c1. The van der Waals surface area contributed by atoms with Gasteiger partial charge in [-0.15, -0.1) is 0 Å². The fourth-order valence-electron chi connectivity index (χ4n) is 3.06. The van der Waals surface area contributed by atoms with Gasteiger partial charge in [0, 0.05) is 6.54 Å². The Morgan fingerprint density at radius 3 is 2.67 bits per heavy atom. The topological polar surface area (TPSA) is 72.5 Å². The molecule has 0 heterocycles. The lowest BCUT2D eigenvalue weighted by molar-refractivity contribution is -0.120. The predicted octanol–water partition coefficient (Wildman–Crippen LogP) is 2.70. The Labute approximate surface area is 144 Å². The maximum absolute atomic E-state index is 12.5. The third kappa shape index (κ3) is 5.23. The number of carbonyl (C=O) groups is 1. The van der Waals surface area contributed by atoms with Gasteiger partial charge < -0.3 is 10.1 Å². The minimum atomic E-state index is -3.56. The van der Waals surface area contributed by atoms with E-state index < -0.39 is 21.0 Å². The average molecular weight is 353 g/mol. The largest absolute Gasteiger partial charge is 0.497 e. The molecule has 134 valence electrons. The number of carbonyl (C=O) groups excluding carboxylic acids is 1. The van der Waals surface area contributed by atoms with E-state index in [1.54, 1.807) is 24.3 Å². The van der Waals surface area contributed by atoms with Crippen LogP contribution in [0, 0.1) is 5.92 Å². The maximum Gasteiger partial charge on any atom is 0.238 e. The lowest BCUT2D eigenvalue weighted by Crippen LogP contribution is -2.40. The highest BCUT2D eigenvalue weighted by Crippen LogP contribution is 2.23. The predicted molar refractivity (Wildman–Crippen MR) is 94.7 cm³/mol. The van der Waals surface area contributed by atoms with Crippen molar-refractivity contribution in [2.75, 3.05) is 13.7 Å². The molecule has 0 aliphatic heterocycles. The van der Waals surface area contributed by atoms with Crippen LogP contribution in [0.1, 0.15) is 44.6 Å². The maximum atomic E-state index is 12.5. The molecule has 5 nitrogen and oxygen atoms in total. The average Bonchev–Trinajstić information content (AvgIpc) is 2.59. The molecule has 2 rings (SSSR count). The van der Waals surface area contributed by atoms with E-state index >= 15 is 0 Å². The van der Waals surface area contributed by atoms with Crippen LogP contribution < -0.4 is 10.1 Å². The van der Waals surface area contributed by atoms with Crippen LogP contribution in [0.3, 0.4) is 0 Å². The Kier molecular flexibility index (Phi) is 6.66. The number of benzene rings is 1. The second-order valence-corrected chi connectivity index (χ2v) is 8.87. The Bertz CT molecular complexity index is 651. The molecular formula is C18H27NO4S. The van der Waals surface area contributed by atoms with Crippen LogP contribution in [0.5, 0.6) is 5.75 Å². The molecule has 6 heteroatoms. The molecule has 0 bridgehead atoms. The van der Waals surface area contributed by atoms with Gasteiger partial charge in [0.25, 0.3) is 0 Å². The van der Waals surface area contributed by atoms with Crippen LogP contribution in [-0.4, -0.2) is 33.2 Å². The smallest absolute Gasteiger partial charge is 0.238 e. The first-order valence-corrected chi connectivity index (χ1v) is 10.3. The summed E-state index contributed by atoms with van der Waals surface area (Å²) in [6.07, 6.45) is 5.89. The van der Waals surface area contributed by atoms with Gasteiger partial charge in [-0.3, -0.25) is 4.79 Å². The van der Waals surface area contributed by atoms with Gasteiger partial charge in [-0.25, -0.2) is 8.42 Å². The first kappa shape index (κ1) is 18.8. The van der Waals surface area contributed by atoms with Crippen molar-refractivity contribution in [3.8, 4) is 5.75 Å². The first-order chi connectivity index (χ1) is 11.4. The van der Waals surface area contributed by atoms with Crippen LogP contribution >= 0.6 is 0 Å². The molecule has 0 saturated heterocycles. The van der Waals surface area contributed by atoms with Gasteiger partial charge in [-0.2, -0.15) is 0 Å². The van der Waals surface area contributed by atoms with Crippen LogP contribution in [0.2, 0.25) is 0 Å². The van der Waals surface area contributed by atoms with Crippen molar-refractivity contribution in [3.05, 3.63) is 29.8 Å². The van der Waals surface area contributed by atoms with E-state index in [1.807, 2.05) is 0 Å². The Balaban J connectivity index is 1.92. The van der Waals surface area contributed by atoms with E-state index in [2.05, 4.69) is 5.32 Å². The Hall–Kier alpha value is -1.56. The van der Waals surface area contributed by atoms with Gasteiger partial charge in [0.2, 0.25) is 5.91 Å². The highest BCUT2D eigenvalue weighted by atomic mass is 32.2.